The highest BCUT2D eigenvalue weighted by Gasteiger charge is 2.01. The minimum absolute atomic E-state index is 0.806. The molecule has 0 aromatic carbocycles. The maximum Gasteiger partial charge on any atom is 0.103 e. The average molecular weight is 264 g/mol. The number of aryl methyl sites for hydroxylation is 1. The molecule has 0 aliphatic carbocycles. The van der Waals surface area contributed by atoms with Crippen molar-refractivity contribution in [2.75, 3.05) is 4.43 Å². The summed E-state index contributed by atoms with van der Waals surface area (Å²) in [6.07, 6.45) is 4.05. The minimum atomic E-state index is 0.806. The van der Waals surface area contributed by atoms with Crippen LogP contribution in [0.1, 0.15) is 19.1 Å². The van der Waals surface area contributed by atoms with Crippen LogP contribution in [-0.2, 0) is 6.42 Å². The summed E-state index contributed by atoms with van der Waals surface area (Å²) in [6, 6.07) is 3.99. The number of rotatable bonds is 4. The van der Waals surface area contributed by atoms with Crippen LogP contribution in [0.3, 0.4) is 0 Å². The summed E-state index contributed by atoms with van der Waals surface area (Å²) < 4.78 is 6.46. The van der Waals surface area contributed by atoms with E-state index in [0.717, 1.165) is 18.1 Å². The van der Waals surface area contributed by atoms with Crippen LogP contribution in [0.2, 0.25) is 0 Å². The van der Waals surface area contributed by atoms with Crippen LogP contribution >= 0.6 is 22.6 Å². The minimum Gasteiger partial charge on any atom is -0.469 e. The Morgan fingerprint density at radius 2 is 2.45 bits per heavy atom. The van der Waals surface area contributed by atoms with Gasteiger partial charge in [0.1, 0.15) is 5.76 Å². The molecule has 1 unspecified atom stereocenters. The Kier molecular flexibility index (Phi) is 3.97. The summed E-state index contributed by atoms with van der Waals surface area (Å²) in [7, 11) is 0. The fourth-order valence-corrected chi connectivity index (χ4v) is 1.36. The molecule has 1 atom stereocenters. The molecule has 0 bridgehead atoms. The van der Waals surface area contributed by atoms with Crippen LogP contribution in [0, 0.1) is 5.92 Å². The maximum atomic E-state index is 5.23. The normalized spacial score (nSPS) is 13.3. The van der Waals surface area contributed by atoms with Gasteiger partial charge in [-0.05, 0) is 24.5 Å². The lowest BCUT2D eigenvalue weighted by molar-refractivity contribution is 0.479. The molecule has 0 radical (unpaired) electrons. The molecule has 1 heterocycles. The van der Waals surface area contributed by atoms with Crippen molar-refractivity contribution in [3.8, 4) is 0 Å². The van der Waals surface area contributed by atoms with E-state index in [1.54, 1.807) is 6.26 Å². The first kappa shape index (κ1) is 9.10. The summed E-state index contributed by atoms with van der Waals surface area (Å²) in [5, 5.41) is 0. The van der Waals surface area contributed by atoms with Gasteiger partial charge in [-0.2, -0.15) is 0 Å². The van der Waals surface area contributed by atoms with E-state index in [2.05, 4.69) is 29.5 Å². The van der Waals surface area contributed by atoms with Crippen LogP contribution in [0.4, 0.5) is 0 Å². The topological polar surface area (TPSA) is 13.1 Å². The van der Waals surface area contributed by atoms with E-state index >= 15 is 0 Å². The van der Waals surface area contributed by atoms with Crippen molar-refractivity contribution >= 4 is 22.6 Å². The zero-order valence-electron chi connectivity index (χ0n) is 6.72. The van der Waals surface area contributed by atoms with Crippen LogP contribution < -0.4 is 0 Å². The van der Waals surface area contributed by atoms with Crippen molar-refractivity contribution in [3.05, 3.63) is 24.2 Å². The molecule has 0 aliphatic heterocycles. The van der Waals surface area contributed by atoms with Crippen molar-refractivity contribution in [3.63, 3.8) is 0 Å². The smallest absolute Gasteiger partial charge is 0.103 e. The van der Waals surface area contributed by atoms with Crippen LogP contribution in [-0.4, -0.2) is 4.43 Å². The maximum absolute atomic E-state index is 5.23. The monoisotopic (exact) mass is 264 g/mol. The molecule has 1 rings (SSSR count). The Morgan fingerprint density at radius 1 is 1.64 bits per heavy atom. The number of hydrogen-bond acceptors (Lipinski definition) is 1. The molecule has 2 heteroatoms. The number of alkyl halides is 1. The quantitative estimate of drug-likeness (QED) is 0.600. The Hall–Kier alpha value is 0.01000. The largest absolute Gasteiger partial charge is 0.469 e. The van der Waals surface area contributed by atoms with Crippen LogP contribution in [0.15, 0.2) is 22.8 Å². The zero-order chi connectivity index (χ0) is 8.10. The lowest BCUT2D eigenvalue weighted by atomic mass is 10.1. The van der Waals surface area contributed by atoms with Gasteiger partial charge < -0.3 is 4.42 Å². The summed E-state index contributed by atoms with van der Waals surface area (Å²) in [4.78, 5) is 0. The molecule has 0 fully saturated rings. The van der Waals surface area contributed by atoms with Crippen molar-refractivity contribution in [2.45, 2.75) is 19.8 Å². The molecule has 0 spiro atoms. The third-order valence-electron chi connectivity index (χ3n) is 1.73. The van der Waals surface area contributed by atoms with Gasteiger partial charge in [-0.15, -0.1) is 0 Å². The third-order valence-corrected chi connectivity index (χ3v) is 3.23. The van der Waals surface area contributed by atoms with E-state index in [1.165, 1.54) is 10.8 Å². The zero-order valence-corrected chi connectivity index (χ0v) is 8.87. The van der Waals surface area contributed by atoms with Gasteiger partial charge in [-0.3, -0.25) is 0 Å². The molecule has 0 saturated carbocycles. The van der Waals surface area contributed by atoms with Crippen molar-refractivity contribution in [2.24, 2.45) is 5.92 Å². The first-order valence-corrected chi connectivity index (χ1v) is 5.44. The number of furan rings is 1. The fourth-order valence-electron chi connectivity index (χ4n) is 0.921. The average Bonchev–Trinajstić information content (AvgIpc) is 2.52. The predicted octanol–water partition coefficient (Wildman–Crippen LogP) is 3.28. The van der Waals surface area contributed by atoms with E-state index in [0.29, 0.717) is 0 Å². The molecule has 0 N–H and O–H groups in total. The highest BCUT2D eigenvalue weighted by molar-refractivity contribution is 14.1. The SMILES string of the molecule is CC(CI)CCc1ccco1. The van der Waals surface area contributed by atoms with E-state index < -0.39 is 0 Å². The second-order valence-electron chi connectivity index (χ2n) is 2.88. The first-order valence-electron chi connectivity index (χ1n) is 3.91. The molecule has 0 aliphatic rings. The molecule has 62 valence electrons. The molecular weight excluding hydrogens is 251 g/mol. The first-order chi connectivity index (χ1) is 5.33. The van der Waals surface area contributed by atoms with Gasteiger partial charge in [0.25, 0.3) is 0 Å². The van der Waals surface area contributed by atoms with Crippen LogP contribution in [0.25, 0.3) is 0 Å². The van der Waals surface area contributed by atoms with E-state index in [9.17, 15) is 0 Å². The van der Waals surface area contributed by atoms with E-state index in [-0.39, 0.29) is 0 Å². The standard InChI is InChI=1S/C9H13IO/c1-8(7-10)4-5-9-3-2-6-11-9/h2-3,6,8H,4-5,7H2,1H3. The van der Waals surface area contributed by atoms with Crippen LogP contribution in [0.5, 0.6) is 0 Å². The Labute approximate surface area is 81.3 Å². The van der Waals surface area contributed by atoms with Gasteiger partial charge >= 0.3 is 0 Å². The summed E-state index contributed by atoms with van der Waals surface area (Å²) in [6.45, 7) is 2.27. The third kappa shape index (κ3) is 3.27. The second kappa shape index (κ2) is 4.80. The fraction of sp³-hybridized carbons (Fsp3) is 0.556. The van der Waals surface area contributed by atoms with Gasteiger partial charge in [0.05, 0.1) is 6.26 Å². The highest BCUT2D eigenvalue weighted by Crippen LogP contribution is 2.11. The van der Waals surface area contributed by atoms with Crippen molar-refractivity contribution < 1.29 is 4.42 Å². The molecule has 0 saturated heterocycles. The second-order valence-corrected chi connectivity index (χ2v) is 3.76. The predicted molar refractivity (Wildman–Crippen MR) is 55.1 cm³/mol. The van der Waals surface area contributed by atoms with Crippen molar-refractivity contribution in [1.82, 2.24) is 0 Å². The Balaban J connectivity index is 2.23. The molecule has 0 amide bonds. The molecule has 1 aromatic rings. The summed E-state index contributed by atoms with van der Waals surface area (Å²) in [5.74, 6) is 1.92. The Bertz CT molecular complexity index is 181. The van der Waals surface area contributed by atoms with Crippen molar-refractivity contribution in [1.29, 1.82) is 0 Å². The Morgan fingerprint density at radius 3 is 3.00 bits per heavy atom. The van der Waals surface area contributed by atoms with Gasteiger partial charge in [0, 0.05) is 10.8 Å². The lowest BCUT2D eigenvalue weighted by Crippen LogP contribution is -1.96. The van der Waals surface area contributed by atoms with E-state index in [1.807, 2.05) is 12.1 Å². The van der Waals surface area contributed by atoms with Gasteiger partial charge in [0.2, 0.25) is 0 Å². The van der Waals surface area contributed by atoms with Gasteiger partial charge in [-0.1, -0.05) is 29.5 Å². The van der Waals surface area contributed by atoms with Gasteiger partial charge in [0.15, 0.2) is 0 Å². The summed E-state index contributed by atoms with van der Waals surface area (Å²) in [5.41, 5.74) is 0. The molecule has 1 nitrogen and oxygen atoms in total. The highest BCUT2D eigenvalue weighted by atomic mass is 127. The lowest BCUT2D eigenvalue weighted by Gasteiger charge is -2.03. The number of halogens is 1. The molecule has 1 aromatic heterocycles. The number of hydrogen-bond donors (Lipinski definition) is 0. The van der Waals surface area contributed by atoms with E-state index in [4.69, 9.17) is 4.42 Å². The molecular formula is C9H13IO. The summed E-state index contributed by atoms with van der Waals surface area (Å²) >= 11 is 2.42. The van der Waals surface area contributed by atoms with Gasteiger partial charge in [-0.25, -0.2) is 0 Å². The molecule has 11 heavy (non-hydrogen) atoms.